The maximum Gasteiger partial charge on any atom is 0.332 e. The zero-order valence-corrected chi connectivity index (χ0v) is 14.8. The van der Waals surface area contributed by atoms with E-state index in [1.807, 2.05) is 6.07 Å². The fraction of sp³-hybridized carbons (Fsp3) is 0.188. The van der Waals surface area contributed by atoms with Crippen molar-refractivity contribution in [3.8, 4) is 6.07 Å². The molecule has 1 aromatic heterocycles. The van der Waals surface area contributed by atoms with Gasteiger partial charge in [0.1, 0.15) is 11.6 Å². The average Bonchev–Trinajstić information content (AvgIpc) is 2.57. The molecule has 0 saturated carbocycles. The molecule has 128 valence electrons. The number of benzene rings is 1. The van der Waals surface area contributed by atoms with Gasteiger partial charge in [0.2, 0.25) is 0 Å². The van der Waals surface area contributed by atoms with Gasteiger partial charge in [-0.2, -0.15) is 5.26 Å². The first-order valence-corrected chi connectivity index (χ1v) is 7.95. The zero-order valence-electron chi connectivity index (χ0n) is 13.3. The van der Waals surface area contributed by atoms with Gasteiger partial charge in [-0.1, -0.05) is 29.3 Å². The van der Waals surface area contributed by atoms with Crippen molar-refractivity contribution in [1.82, 2.24) is 9.13 Å². The number of halogens is 2. The number of nitriles is 1. The van der Waals surface area contributed by atoms with Crippen molar-refractivity contribution in [2.24, 2.45) is 19.8 Å². The van der Waals surface area contributed by atoms with Crippen molar-refractivity contribution in [2.45, 2.75) is 5.92 Å². The Balaban J connectivity index is 2.45. The number of allylic oxidation sites excluding steroid dienone is 1. The van der Waals surface area contributed by atoms with Crippen LogP contribution in [0.3, 0.4) is 0 Å². The molecule has 2 aromatic rings. The van der Waals surface area contributed by atoms with Crippen molar-refractivity contribution in [2.75, 3.05) is 5.32 Å². The smallest absolute Gasteiger partial charge is 0.332 e. The number of anilines is 1. The van der Waals surface area contributed by atoms with Gasteiger partial charge in [0.15, 0.2) is 0 Å². The molecule has 0 fully saturated rings. The third kappa shape index (κ3) is 2.51. The predicted molar refractivity (Wildman–Crippen MR) is 95.7 cm³/mol. The molecule has 7 nitrogen and oxygen atoms in total. The van der Waals surface area contributed by atoms with E-state index in [0.29, 0.717) is 15.6 Å². The molecule has 0 radical (unpaired) electrons. The van der Waals surface area contributed by atoms with Gasteiger partial charge in [-0.3, -0.25) is 13.9 Å². The van der Waals surface area contributed by atoms with Crippen LogP contribution in [-0.4, -0.2) is 9.13 Å². The summed E-state index contributed by atoms with van der Waals surface area (Å²) in [6, 6.07) is 6.81. The Hall–Kier alpha value is -2.69. The first-order valence-electron chi connectivity index (χ1n) is 7.19. The molecule has 1 aromatic carbocycles. The Morgan fingerprint density at radius 1 is 1.24 bits per heavy atom. The number of hydrogen-bond donors (Lipinski definition) is 2. The molecule has 3 rings (SSSR count). The van der Waals surface area contributed by atoms with Crippen molar-refractivity contribution >= 4 is 29.0 Å². The highest BCUT2D eigenvalue weighted by atomic mass is 35.5. The summed E-state index contributed by atoms with van der Waals surface area (Å²) in [5, 5.41) is 13.1. The second kappa shape index (κ2) is 5.99. The Labute approximate surface area is 152 Å². The summed E-state index contributed by atoms with van der Waals surface area (Å²) in [6.07, 6.45) is 0. The molecular weight excluding hydrogens is 365 g/mol. The monoisotopic (exact) mass is 377 g/mol. The van der Waals surface area contributed by atoms with E-state index in [-0.39, 0.29) is 22.8 Å². The van der Waals surface area contributed by atoms with Crippen LogP contribution in [0.4, 0.5) is 5.82 Å². The molecule has 0 spiro atoms. The van der Waals surface area contributed by atoms with Crippen LogP contribution in [-0.2, 0) is 14.1 Å². The summed E-state index contributed by atoms with van der Waals surface area (Å²) in [5.41, 5.74) is 5.81. The second-order valence-electron chi connectivity index (χ2n) is 5.63. The number of fused-ring (bicyclic) bond motifs is 1. The lowest BCUT2D eigenvalue weighted by Gasteiger charge is -2.29. The maximum absolute atomic E-state index is 12.8. The minimum Gasteiger partial charge on any atom is -0.384 e. The van der Waals surface area contributed by atoms with Gasteiger partial charge in [0, 0.05) is 24.1 Å². The molecule has 0 bridgehead atoms. The van der Waals surface area contributed by atoms with Gasteiger partial charge in [0.25, 0.3) is 5.56 Å². The van der Waals surface area contributed by atoms with Crippen LogP contribution < -0.4 is 22.3 Å². The quantitative estimate of drug-likeness (QED) is 0.785. The van der Waals surface area contributed by atoms with Gasteiger partial charge < -0.3 is 11.1 Å². The second-order valence-corrected chi connectivity index (χ2v) is 6.47. The number of aromatic nitrogens is 2. The first-order chi connectivity index (χ1) is 11.8. The Kier molecular flexibility index (Phi) is 4.11. The molecule has 2 heterocycles. The van der Waals surface area contributed by atoms with Gasteiger partial charge in [-0.05, 0) is 17.7 Å². The summed E-state index contributed by atoms with van der Waals surface area (Å²) in [4.78, 5) is 25.0. The van der Waals surface area contributed by atoms with E-state index < -0.39 is 17.2 Å². The predicted octanol–water partition coefficient (Wildman–Crippen LogP) is 1.64. The van der Waals surface area contributed by atoms with Crippen LogP contribution in [0.5, 0.6) is 0 Å². The Morgan fingerprint density at radius 2 is 1.92 bits per heavy atom. The molecule has 0 amide bonds. The molecule has 0 aliphatic carbocycles. The lowest BCUT2D eigenvalue weighted by Crippen LogP contribution is -2.43. The van der Waals surface area contributed by atoms with E-state index in [0.717, 1.165) is 4.57 Å². The Morgan fingerprint density at radius 3 is 2.52 bits per heavy atom. The zero-order chi connectivity index (χ0) is 18.5. The van der Waals surface area contributed by atoms with Gasteiger partial charge in [-0.25, -0.2) is 4.79 Å². The molecular formula is C16H13Cl2N5O2. The number of rotatable bonds is 1. The molecule has 0 saturated heterocycles. The van der Waals surface area contributed by atoms with Crippen LogP contribution in [0, 0.1) is 11.3 Å². The summed E-state index contributed by atoms with van der Waals surface area (Å²) >= 11 is 12.3. The fourth-order valence-electron chi connectivity index (χ4n) is 2.95. The highest BCUT2D eigenvalue weighted by Crippen LogP contribution is 2.41. The number of nitrogens with two attached hydrogens (primary N) is 1. The minimum atomic E-state index is -0.809. The van der Waals surface area contributed by atoms with Gasteiger partial charge in [-0.15, -0.1) is 0 Å². The maximum atomic E-state index is 12.8. The van der Waals surface area contributed by atoms with Crippen molar-refractivity contribution < 1.29 is 0 Å². The third-order valence-electron chi connectivity index (χ3n) is 4.21. The van der Waals surface area contributed by atoms with Crippen LogP contribution in [0.1, 0.15) is 17.0 Å². The summed E-state index contributed by atoms with van der Waals surface area (Å²) < 4.78 is 2.25. The molecule has 9 heteroatoms. The highest BCUT2D eigenvalue weighted by molar-refractivity contribution is 6.35. The Bertz CT molecular complexity index is 1090. The van der Waals surface area contributed by atoms with E-state index in [4.69, 9.17) is 28.9 Å². The molecule has 1 atom stereocenters. The number of hydrogen-bond acceptors (Lipinski definition) is 5. The first kappa shape index (κ1) is 17.1. The van der Waals surface area contributed by atoms with Crippen molar-refractivity contribution in [3.63, 3.8) is 0 Å². The largest absolute Gasteiger partial charge is 0.384 e. The van der Waals surface area contributed by atoms with Crippen LogP contribution >= 0.6 is 23.2 Å². The molecule has 25 heavy (non-hydrogen) atoms. The van der Waals surface area contributed by atoms with Gasteiger partial charge in [0.05, 0.1) is 23.1 Å². The van der Waals surface area contributed by atoms with Gasteiger partial charge >= 0.3 is 5.69 Å². The standard InChI is InChI=1S/C16H13Cl2N5O2/c1-22-14-12(15(24)23(2)16(22)25)11(9(6-19)13(20)21-14)8-4-3-7(17)5-10(8)18/h3-5,11,21H,20H2,1-2H3. The number of nitrogens with zero attached hydrogens (tertiary/aromatic N) is 3. The van der Waals surface area contributed by atoms with E-state index in [9.17, 15) is 14.9 Å². The molecule has 1 aliphatic rings. The topological polar surface area (TPSA) is 106 Å². The van der Waals surface area contributed by atoms with Crippen LogP contribution in [0.25, 0.3) is 0 Å². The summed E-state index contributed by atoms with van der Waals surface area (Å²) in [6.45, 7) is 0. The number of nitrogens with one attached hydrogen (secondary N) is 1. The van der Waals surface area contributed by atoms with E-state index in [2.05, 4.69) is 5.32 Å². The van der Waals surface area contributed by atoms with Crippen LogP contribution in [0.15, 0.2) is 39.2 Å². The lowest BCUT2D eigenvalue weighted by molar-refractivity contribution is 0.664. The molecule has 3 N–H and O–H groups in total. The molecule has 1 aliphatic heterocycles. The average molecular weight is 378 g/mol. The molecule has 1 unspecified atom stereocenters. The third-order valence-corrected chi connectivity index (χ3v) is 4.78. The minimum absolute atomic E-state index is 0.0641. The normalized spacial score (nSPS) is 16.2. The van der Waals surface area contributed by atoms with Crippen molar-refractivity contribution in [1.29, 1.82) is 5.26 Å². The van der Waals surface area contributed by atoms with E-state index in [1.165, 1.54) is 24.7 Å². The lowest BCUT2D eigenvalue weighted by atomic mass is 9.84. The van der Waals surface area contributed by atoms with E-state index in [1.54, 1.807) is 12.1 Å². The summed E-state index contributed by atoms with van der Waals surface area (Å²) in [7, 11) is 2.89. The SMILES string of the molecule is Cn1c2c(c(=O)n(C)c1=O)C(c1ccc(Cl)cc1Cl)C(C#N)=C(N)N2. The summed E-state index contributed by atoms with van der Waals surface area (Å²) in [5.74, 6) is -0.508. The highest BCUT2D eigenvalue weighted by Gasteiger charge is 2.35. The van der Waals surface area contributed by atoms with E-state index >= 15 is 0 Å². The fourth-order valence-corrected chi connectivity index (χ4v) is 3.47. The van der Waals surface area contributed by atoms with Crippen LogP contribution in [0.2, 0.25) is 10.0 Å². The van der Waals surface area contributed by atoms with Crippen molar-refractivity contribution in [3.05, 3.63) is 71.6 Å².